The van der Waals surface area contributed by atoms with Gasteiger partial charge in [-0.25, -0.2) is 0 Å². The van der Waals surface area contributed by atoms with Gasteiger partial charge in [0.1, 0.15) is 0 Å². The summed E-state index contributed by atoms with van der Waals surface area (Å²) in [4.78, 5) is 22.1. The van der Waals surface area contributed by atoms with Gasteiger partial charge in [-0.3, -0.25) is 14.9 Å². The van der Waals surface area contributed by atoms with Gasteiger partial charge in [0, 0.05) is 30.7 Å². The molecule has 0 aliphatic rings. The molecule has 0 saturated carbocycles. The van der Waals surface area contributed by atoms with Crippen LogP contribution in [0.3, 0.4) is 0 Å². The fourth-order valence-electron chi connectivity index (χ4n) is 1.61. The van der Waals surface area contributed by atoms with E-state index in [9.17, 15) is 14.9 Å². The zero-order valence-electron chi connectivity index (χ0n) is 10.7. The van der Waals surface area contributed by atoms with Gasteiger partial charge in [0.15, 0.2) is 0 Å². The van der Waals surface area contributed by atoms with Gasteiger partial charge in [0.25, 0.3) is 11.6 Å². The number of halogens is 1. The summed E-state index contributed by atoms with van der Waals surface area (Å²) in [6, 6.07) is 3.80. The third kappa shape index (κ3) is 4.18. The van der Waals surface area contributed by atoms with Crippen LogP contribution in [0.5, 0.6) is 0 Å². The van der Waals surface area contributed by atoms with Gasteiger partial charge < -0.3 is 10.1 Å². The van der Waals surface area contributed by atoms with Gasteiger partial charge in [-0.05, 0) is 18.6 Å². The third-order valence-corrected chi connectivity index (χ3v) is 2.93. The maximum Gasteiger partial charge on any atom is 0.269 e. The summed E-state index contributed by atoms with van der Waals surface area (Å²) >= 11 is 5.70. The van der Waals surface area contributed by atoms with Gasteiger partial charge in [0.2, 0.25) is 0 Å². The summed E-state index contributed by atoms with van der Waals surface area (Å²) < 4.78 is 4.92. The Morgan fingerprint density at radius 1 is 1.58 bits per heavy atom. The number of benzene rings is 1. The van der Waals surface area contributed by atoms with Gasteiger partial charge in [-0.2, -0.15) is 0 Å². The number of carbonyl (C=O) groups excluding carboxylic acids is 1. The predicted octanol–water partition coefficient (Wildman–Crippen LogP) is 1.89. The van der Waals surface area contributed by atoms with Crippen LogP contribution in [0.2, 0.25) is 0 Å². The van der Waals surface area contributed by atoms with Crippen molar-refractivity contribution < 1.29 is 14.5 Å². The highest BCUT2D eigenvalue weighted by Gasteiger charge is 2.16. The number of nitrogens with zero attached hydrogens (tertiary/aromatic N) is 1. The predicted molar refractivity (Wildman–Crippen MR) is 71.7 cm³/mol. The molecule has 7 heteroatoms. The molecule has 1 aromatic rings. The van der Waals surface area contributed by atoms with Gasteiger partial charge in [-0.15, -0.1) is 11.6 Å². The van der Waals surface area contributed by atoms with Crippen molar-refractivity contribution in [3.05, 3.63) is 39.4 Å². The lowest BCUT2D eigenvalue weighted by atomic mass is 10.1. The lowest BCUT2D eigenvalue weighted by Crippen LogP contribution is -2.39. The van der Waals surface area contributed by atoms with E-state index in [4.69, 9.17) is 16.3 Å². The molecular weight excluding hydrogens is 272 g/mol. The first-order valence-electron chi connectivity index (χ1n) is 5.60. The number of nitro groups is 1. The highest BCUT2D eigenvalue weighted by Crippen LogP contribution is 2.17. The second kappa shape index (κ2) is 7.06. The number of hydrogen-bond acceptors (Lipinski definition) is 4. The second-order valence-corrected chi connectivity index (χ2v) is 4.34. The molecule has 0 aliphatic carbocycles. The van der Waals surface area contributed by atoms with E-state index in [0.717, 1.165) is 0 Å². The molecule has 1 N–H and O–H groups in total. The van der Waals surface area contributed by atoms with Crippen molar-refractivity contribution in [3.63, 3.8) is 0 Å². The Bertz CT molecular complexity index is 479. The molecule has 1 rings (SSSR count). The highest BCUT2D eigenvalue weighted by molar-refractivity contribution is 6.18. The van der Waals surface area contributed by atoms with E-state index >= 15 is 0 Å². The van der Waals surface area contributed by atoms with Gasteiger partial charge in [-0.1, -0.05) is 0 Å². The van der Waals surface area contributed by atoms with E-state index in [1.54, 1.807) is 6.92 Å². The van der Waals surface area contributed by atoms with Crippen molar-refractivity contribution in [1.29, 1.82) is 0 Å². The number of alkyl halides is 1. The molecule has 19 heavy (non-hydrogen) atoms. The van der Waals surface area contributed by atoms with Crippen LogP contribution >= 0.6 is 11.6 Å². The van der Waals surface area contributed by atoms with Crippen LogP contribution in [-0.4, -0.2) is 36.5 Å². The second-order valence-electron chi connectivity index (χ2n) is 4.04. The van der Waals surface area contributed by atoms with E-state index in [-0.39, 0.29) is 23.5 Å². The van der Waals surface area contributed by atoms with Crippen LogP contribution in [0.4, 0.5) is 5.69 Å². The monoisotopic (exact) mass is 286 g/mol. The van der Waals surface area contributed by atoms with Crippen LogP contribution in [0.15, 0.2) is 18.2 Å². The molecule has 0 radical (unpaired) electrons. The van der Waals surface area contributed by atoms with E-state index in [0.29, 0.717) is 17.7 Å². The Kier molecular flexibility index (Phi) is 5.72. The zero-order chi connectivity index (χ0) is 14.4. The van der Waals surface area contributed by atoms with Crippen molar-refractivity contribution in [3.8, 4) is 0 Å². The number of rotatable bonds is 6. The molecule has 0 fully saturated rings. The lowest BCUT2D eigenvalue weighted by molar-refractivity contribution is -0.384. The van der Waals surface area contributed by atoms with Crippen molar-refractivity contribution in [2.45, 2.75) is 13.0 Å². The maximum absolute atomic E-state index is 12.0. The molecule has 0 aromatic heterocycles. The van der Waals surface area contributed by atoms with E-state index in [2.05, 4.69) is 5.32 Å². The molecule has 104 valence electrons. The normalized spacial score (nSPS) is 11.9. The number of ether oxygens (including phenoxy) is 1. The standard InChI is InChI=1S/C12H15ClN2O4/c1-8-5-10(15(17)18)3-4-11(8)12(16)14-9(6-13)7-19-2/h3-5,9H,6-7H2,1-2H3,(H,14,16). The summed E-state index contributed by atoms with van der Waals surface area (Å²) in [6.07, 6.45) is 0. The Balaban J connectivity index is 2.85. The number of non-ortho nitro benzene ring substituents is 1. The molecule has 6 nitrogen and oxygen atoms in total. The first-order chi connectivity index (χ1) is 8.99. The first-order valence-corrected chi connectivity index (χ1v) is 6.13. The summed E-state index contributed by atoms with van der Waals surface area (Å²) in [6.45, 7) is 1.95. The maximum atomic E-state index is 12.0. The minimum absolute atomic E-state index is 0.0418. The molecule has 0 aliphatic heterocycles. The molecule has 1 aromatic carbocycles. The molecule has 1 atom stereocenters. The summed E-state index contributed by atoms with van der Waals surface area (Å²) in [5.74, 6) is -0.0962. The van der Waals surface area contributed by atoms with Crippen molar-refractivity contribution in [1.82, 2.24) is 5.32 Å². The van der Waals surface area contributed by atoms with Crippen LogP contribution in [0.25, 0.3) is 0 Å². The smallest absolute Gasteiger partial charge is 0.269 e. The van der Waals surface area contributed by atoms with E-state index < -0.39 is 4.92 Å². The van der Waals surface area contributed by atoms with E-state index in [1.807, 2.05) is 0 Å². The van der Waals surface area contributed by atoms with E-state index in [1.165, 1.54) is 25.3 Å². The SMILES string of the molecule is COCC(CCl)NC(=O)c1ccc([N+](=O)[O-])cc1C. The Hall–Kier alpha value is -1.66. The number of methoxy groups -OCH3 is 1. The molecule has 1 unspecified atom stereocenters. The van der Waals surface area contributed by atoms with Gasteiger partial charge in [0.05, 0.1) is 17.6 Å². The fourth-order valence-corrected chi connectivity index (χ4v) is 1.77. The Morgan fingerprint density at radius 2 is 2.26 bits per heavy atom. The molecule has 0 heterocycles. The molecule has 0 saturated heterocycles. The summed E-state index contributed by atoms with van der Waals surface area (Å²) in [7, 11) is 1.52. The van der Waals surface area contributed by atoms with Crippen molar-refractivity contribution >= 4 is 23.2 Å². The van der Waals surface area contributed by atoms with Crippen LogP contribution < -0.4 is 5.32 Å². The summed E-state index contributed by atoms with van der Waals surface area (Å²) in [5, 5.41) is 13.3. The highest BCUT2D eigenvalue weighted by atomic mass is 35.5. The quantitative estimate of drug-likeness (QED) is 0.492. The summed E-state index contributed by atoms with van der Waals surface area (Å²) in [5.41, 5.74) is 0.883. The number of nitrogens with one attached hydrogen (secondary N) is 1. The topological polar surface area (TPSA) is 81.5 Å². The fraction of sp³-hybridized carbons (Fsp3) is 0.417. The zero-order valence-corrected chi connectivity index (χ0v) is 11.4. The largest absolute Gasteiger partial charge is 0.383 e. The Morgan fingerprint density at radius 3 is 2.74 bits per heavy atom. The average molecular weight is 287 g/mol. The van der Waals surface area contributed by atoms with Crippen molar-refractivity contribution in [2.24, 2.45) is 0 Å². The van der Waals surface area contributed by atoms with Gasteiger partial charge >= 0.3 is 0 Å². The first kappa shape index (κ1) is 15.4. The molecule has 0 bridgehead atoms. The minimum atomic E-state index is -0.499. The number of aryl methyl sites for hydroxylation is 1. The number of nitro benzene ring substituents is 1. The van der Waals surface area contributed by atoms with Crippen LogP contribution in [0, 0.1) is 17.0 Å². The Labute approximate surface area is 115 Å². The third-order valence-electron chi connectivity index (χ3n) is 2.55. The molecular formula is C12H15ClN2O4. The number of carbonyl (C=O) groups is 1. The average Bonchev–Trinajstić information content (AvgIpc) is 2.37. The number of amides is 1. The molecule has 0 spiro atoms. The lowest BCUT2D eigenvalue weighted by Gasteiger charge is -2.15. The van der Waals surface area contributed by atoms with Crippen LogP contribution in [-0.2, 0) is 4.74 Å². The van der Waals surface area contributed by atoms with Crippen LogP contribution in [0.1, 0.15) is 15.9 Å². The van der Waals surface area contributed by atoms with Crippen molar-refractivity contribution in [2.75, 3.05) is 19.6 Å². The molecule has 1 amide bonds. The number of hydrogen-bond donors (Lipinski definition) is 1. The minimum Gasteiger partial charge on any atom is -0.383 e.